The van der Waals surface area contributed by atoms with E-state index in [-0.39, 0.29) is 43.0 Å². The van der Waals surface area contributed by atoms with Crippen LogP contribution in [0.1, 0.15) is 47.0 Å². The van der Waals surface area contributed by atoms with E-state index >= 15 is 0 Å². The van der Waals surface area contributed by atoms with E-state index in [1.54, 1.807) is 32.0 Å². The molecule has 4 fully saturated rings. The molecule has 0 radical (unpaired) electrons. The number of aliphatic carboxylic acids is 1. The summed E-state index contributed by atoms with van der Waals surface area (Å²) in [5.41, 5.74) is 0.245. The number of ether oxygens (including phenoxy) is 2. The minimum atomic E-state index is -3.83. The van der Waals surface area contributed by atoms with Crippen LogP contribution in [0, 0.1) is 0 Å². The van der Waals surface area contributed by atoms with E-state index in [1.165, 1.54) is 42.6 Å². The summed E-state index contributed by atoms with van der Waals surface area (Å²) in [5, 5.41) is 10.4. The van der Waals surface area contributed by atoms with Gasteiger partial charge >= 0.3 is 47.5 Å². The summed E-state index contributed by atoms with van der Waals surface area (Å²) in [6.45, 7) is 5.15. The second-order valence-electron chi connectivity index (χ2n) is 11.5. The van der Waals surface area contributed by atoms with Gasteiger partial charge in [-0.2, -0.15) is 0 Å². The Balaban J connectivity index is 0.00000264. The van der Waals surface area contributed by atoms with Crippen molar-refractivity contribution in [3.8, 4) is 0 Å². The SMILES string of the molecule is CC1(C)S[C@@H]2C(NC(=O)C(C(=O)O)c3ccccc3)C(=O)N2[C@H]1C(=O)OCOC(=O)[C@@H]1N2C(=O)C[C@H]2S(=O)(=O)C1(C)C.[H-].[Na+]. The van der Waals surface area contributed by atoms with Crippen molar-refractivity contribution in [1.29, 1.82) is 0 Å². The van der Waals surface area contributed by atoms with Crippen LogP contribution < -0.4 is 34.9 Å². The third-order valence-electron chi connectivity index (χ3n) is 8.21. The molecule has 228 valence electrons. The zero-order valence-electron chi connectivity index (χ0n) is 25.0. The number of carboxylic acid groups (broad SMARTS) is 1. The second kappa shape index (κ2) is 11.4. The zero-order chi connectivity index (χ0) is 30.9. The smallest absolute Gasteiger partial charge is 1.00 e. The molecule has 4 heterocycles. The van der Waals surface area contributed by atoms with Crippen molar-refractivity contribution >= 4 is 57.2 Å². The number of nitrogens with zero attached hydrogens (tertiary/aromatic N) is 2. The molecule has 0 saturated carbocycles. The Hall–Kier alpha value is -2.66. The van der Waals surface area contributed by atoms with Crippen molar-refractivity contribution in [2.75, 3.05) is 6.79 Å². The Morgan fingerprint density at radius 2 is 1.63 bits per heavy atom. The fraction of sp³-hybridized carbons (Fsp3) is 0.538. The standard InChI is InChI=1S/C26H29N3O11S2.Na.H/c1-25(2)17(23(35)39-11-40-24(36)18-26(3,4)42(37,38)14-10-13(30)28(14)18)29-20(32)16(21(29)41-25)27-19(31)15(22(33)34)12-8-6-5-7-9-12;;/h5-9,14-18,21H,10-11H2,1-4H3,(H,27,31)(H,33,34);;/q;+1;-1/t14-,15?,16?,17+,18+,21-;;/m1../s1. The summed E-state index contributed by atoms with van der Waals surface area (Å²) in [7, 11) is -3.83. The molecule has 1 aromatic rings. The summed E-state index contributed by atoms with van der Waals surface area (Å²) >= 11 is 1.22. The maximum atomic E-state index is 13.1. The Kier molecular flexibility index (Phi) is 8.78. The topological polar surface area (TPSA) is 194 Å². The second-order valence-corrected chi connectivity index (χ2v) is 15.9. The maximum Gasteiger partial charge on any atom is 1.00 e. The predicted molar refractivity (Wildman–Crippen MR) is 145 cm³/mol. The molecule has 4 saturated heterocycles. The van der Waals surface area contributed by atoms with Crippen molar-refractivity contribution in [1.82, 2.24) is 15.1 Å². The molecule has 6 atom stereocenters. The van der Waals surface area contributed by atoms with Gasteiger partial charge in [0.05, 0.1) is 11.2 Å². The monoisotopic (exact) mass is 647 g/mol. The number of fused-ring (bicyclic) bond motifs is 2. The number of carbonyl (C=O) groups is 6. The zero-order valence-corrected chi connectivity index (χ0v) is 27.6. The van der Waals surface area contributed by atoms with Crippen molar-refractivity contribution in [2.45, 2.75) is 78.4 Å². The summed E-state index contributed by atoms with van der Waals surface area (Å²) in [6, 6.07) is 4.25. The van der Waals surface area contributed by atoms with Gasteiger partial charge in [-0.1, -0.05) is 30.3 Å². The van der Waals surface area contributed by atoms with Crippen LogP contribution in [-0.2, 0) is 48.1 Å². The van der Waals surface area contributed by atoms with Crippen molar-refractivity contribution < 1.29 is 82.7 Å². The number of esters is 2. The molecule has 17 heteroatoms. The normalized spacial score (nSPS) is 29.5. The molecule has 14 nitrogen and oxygen atoms in total. The Morgan fingerprint density at radius 1 is 1.05 bits per heavy atom. The van der Waals surface area contributed by atoms with Gasteiger partial charge in [0.15, 0.2) is 15.8 Å². The quantitative estimate of drug-likeness (QED) is 0.0940. The molecule has 43 heavy (non-hydrogen) atoms. The van der Waals surface area contributed by atoms with Gasteiger partial charge < -0.3 is 31.1 Å². The molecular formula is C26H30N3NaO11S2. The number of β-lactam (4-membered cyclic amide) rings is 2. The van der Waals surface area contributed by atoms with Gasteiger partial charge in [0.25, 0.3) is 0 Å². The van der Waals surface area contributed by atoms with Crippen LogP contribution >= 0.6 is 11.8 Å². The van der Waals surface area contributed by atoms with Crippen LogP contribution in [0.25, 0.3) is 0 Å². The van der Waals surface area contributed by atoms with Gasteiger partial charge in [-0.05, 0) is 33.3 Å². The summed E-state index contributed by atoms with van der Waals surface area (Å²) in [4.78, 5) is 77.9. The minimum Gasteiger partial charge on any atom is -1.00 e. The number of nitrogens with one attached hydrogen (secondary N) is 1. The molecule has 0 aliphatic carbocycles. The summed E-state index contributed by atoms with van der Waals surface area (Å²) in [6.07, 6.45) is -0.214. The number of hydrogen-bond acceptors (Lipinski definition) is 11. The molecule has 5 rings (SSSR count). The van der Waals surface area contributed by atoms with Crippen LogP contribution in [0.2, 0.25) is 0 Å². The number of carboxylic acids is 1. The van der Waals surface area contributed by atoms with Crippen molar-refractivity contribution in [3.05, 3.63) is 35.9 Å². The van der Waals surface area contributed by atoms with E-state index in [4.69, 9.17) is 9.47 Å². The van der Waals surface area contributed by atoms with E-state index in [0.717, 1.165) is 4.90 Å². The van der Waals surface area contributed by atoms with E-state index in [2.05, 4.69) is 5.32 Å². The number of hydrogen-bond donors (Lipinski definition) is 2. The Labute approximate surface area is 274 Å². The van der Waals surface area contributed by atoms with Crippen LogP contribution in [-0.4, -0.2) is 104 Å². The number of amides is 3. The molecule has 2 unspecified atom stereocenters. The molecule has 4 aliphatic heterocycles. The first kappa shape index (κ1) is 33.2. The number of rotatable bonds is 8. The van der Waals surface area contributed by atoms with Gasteiger partial charge in [-0.3, -0.25) is 19.2 Å². The fourth-order valence-corrected chi connectivity index (χ4v) is 9.67. The van der Waals surface area contributed by atoms with E-state index in [1.807, 2.05) is 0 Å². The molecule has 4 aliphatic rings. The fourth-order valence-electron chi connectivity index (χ4n) is 5.93. The Morgan fingerprint density at radius 3 is 2.19 bits per heavy atom. The van der Waals surface area contributed by atoms with Crippen LogP contribution in [0.15, 0.2) is 30.3 Å². The number of sulfone groups is 1. The Bertz CT molecular complexity index is 1510. The van der Waals surface area contributed by atoms with Crippen molar-refractivity contribution in [2.24, 2.45) is 0 Å². The van der Waals surface area contributed by atoms with Gasteiger partial charge in [0, 0.05) is 4.75 Å². The molecule has 0 aromatic heterocycles. The van der Waals surface area contributed by atoms with Crippen LogP contribution in [0.5, 0.6) is 0 Å². The average Bonchev–Trinajstić information content (AvgIpc) is 3.22. The van der Waals surface area contributed by atoms with Gasteiger partial charge in [-0.15, -0.1) is 11.8 Å². The first-order valence-electron chi connectivity index (χ1n) is 13.0. The predicted octanol–water partition coefficient (Wildman–Crippen LogP) is -3.30. The largest absolute Gasteiger partial charge is 1.00 e. The van der Waals surface area contributed by atoms with E-state index < -0.39 is 96.5 Å². The molecule has 3 amide bonds. The molecule has 2 N–H and O–H groups in total. The first-order valence-corrected chi connectivity index (χ1v) is 15.4. The average molecular weight is 648 g/mol. The van der Waals surface area contributed by atoms with E-state index in [0.29, 0.717) is 0 Å². The third kappa shape index (κ3) is 5.14. The van der Waals surface area contributed by atoms with E-state index in [9.17, 15) is 42.3 Å². The van der Waals surface area contributed by atoms with Gasteiger partial charge in [0.1, 0.15) is 28.9 Å². The third-order valence-corrected chi connectivity index (χ3v) is 12.6. The number of thioether (sulfide) groups is 1. The summed E-state index contributed by atoms with van der Waals surface area (Å²) in [5.74, 6) is -6.84. The summed E-state index contributed by atoms with van der Waals surface area (Å²) < 4.78 is 33.2. The molecule has 0 bridgehead atoms. The number of carbonyl (C=O) groups excluding carboxylic acids is 5. The maximum absolute atomic E-state index is 13.1. The van der Waals surface area contributed by atoms with Crippen LogP contribution in [0.3, 0.4) is 0 Å². The molecule has 0 spiro atoms. The first-order chi connectivity index (χ1) is 19.5. The molecular weight excluding hydrogens is 617 g/mol. The van der Waals surface area contributed by atoms with Gasteiger partial charge in [0.2, 0.25) is 24.5 Å². The minimum absolute atomic E-state index is 0. The number of benzene rings is 1. The van der Waals surface area contributed by atoms with Gasteiger partial charge in [-0.25, -0.2) is 18.0 Å². The van der Waals surface area contributed by atoms with Crippen molar-refractivity contribution in [3.63, 3.8) is 0 Å². The van der Waals surface area contributed by atoms with Crippen LogP contribution in [0.4, 0.5) is 0 Å². The molecule has 1 aromatic carbocycles.